The maximum Gasteiger partial charge on any atom is 0.219 e. The minimum atomic E-state index is 0.276. The zero-order valence-electron chi connectivity index (χ0n) is 10.6. The highest BCUT2D eigenvalue weighted by atomic mass is 16.2. The Balaban J connectivity index is 2.01. The molecule has 2 saturated heterocycles. The minimum absolute atomic E-state index is 0.276. The van der Waals surface area contributed by atoms with Gasteiger partial charge in [-0.05, 0) is 51.6 Å². The number of amides is 1. The number of nitrogens with zero attached hydrogens (tertiary/aromatic N) is 2. The van der Waals surface area contributed by atoms with Crippen LogP contribution in [0, 0.1) is 5.92 Å². The summed E-state index contributed by atoms with van der Waals surface area (Å²) >= 11 is 0. The predicted molar refractivity (Wildman–Crippen MR) is 65.2 cm³/mol. The molecule has 0 aromatic carbocycles. The Bertz CT molecular complexity index is 254. The van der Waals surface area contributed by atoms with Gasteiger partial charge >= 0.3 is 0 Å². The van der Waals surface area contributed by atoms with Gasteiger partial charge in [0, 0.05) is 26.1 Å². The van der Waals surface area contributed by atoms with Crippen molar-refractivity contribution in [1.82, 2.24) is 9.80 Å². The highest BCUT2D eigenvalue weighted by Gasteiger charge is 2.33. The number of piperidine rings is 2. The van der Waals surface area contributed by atoms with Crippen molar-refractivity contribution in [3.05, 3.63) is 0 Å². The molecule has 0 N–H and O–H groups in total. The van der Waals surface area contributed by atoms with Crippen molar-refractivity contribution in [2.24, 2.45) is 5.92 Å². The Morgan fingerprint density at radius 1 is 1.12 bits per heavy atom. The molecule has 2 aliphatic rings. The quantitative estimate of drug-likeness (QED) is 0.677. The van der Waals surface area contributed by atoms with Gasteiger partial charge in [-0.3, -0.25) is 4.79 Å². The van der Waals surface area contributed by atoms with Crippen LogP contribution in [-0.4, -0.2) is 48.4 Å². The van der Waals surface area contributed by atoms with Gasteiger partial charge in [0.2, 0.25) is 5.91 Å². The highest BCUT2D eigenvalue weighted by Crippen LogP contribution is 2.29. The Morgan fingerprint density at radius 2 is 1.94 bits per heavy atom. The van der Waals surface area contributed by atoms with E-state index < -0.39 is 0 Å². The maximum atomic E-state index is 11.6. The van der Waals surface area contributed by atoms with Crippen molar-refractivity contribution in [3.8, 4) is 0 Å². The molecule has 3 heteroatoms. The van der Waals surface area contributed by atoms with Crippen LogP contribution in [0.5, 0.6) is 0 Å². The van der Waals surface area contributed by atoms with Gasteiger partial charge in [0.1, 0.15) is 0 Å². The lowest BCUT2D eigenvalue weighted by atomic mass is 9.85. The second kappa shape index (κ2) is 5.17. The van der Waals surface area contributed by atoms with Crippen LogP contribution < -0.4 is 0 Å². The van der Waals surface area contributed by atoms with Gasteiger partial charge in [-0.15, -0.1) is 0 Å². The molecule has 0 radical (unpaired) electrons. The molecule has 0 saturated carbocycles. The molecule has 2 aliphatic heterocycles. The average Bonchev–Trinajstić information content (AvgIpc) is 2.29. The van der Waals surface area contributed by atoms with Gasteiger partial charge in [-0.1, -0.05) is 0 Å². The summed E-state index contributed by atoms with van der Waals surface area (Å²) in [6.07, 6.45) is 6.31. The maximum absolute atomic E-state index is 11.6. The molecule has 0 aromatic rings. The smallest absolute Gasteiger partial charge is 0.219 e. The van der Waals surface area contributed by atoms with Crippen LogP contribution in [0.15, 0.2) is 0 Å². The minimum Gasteiger partial charge on any atom is -0.340 e. The number of hydrogen-bond donors (Lipinski definition) is 0. The molecule has 0 aromatic heterocycles. The van der Waals surface area contributed by atoms with E-state index in [9.17, 15) is 4.79 Å². The van der Waals surface area contributed by atoms with E-state index in [0.717, 1.165) is 6.54 Å². The third-order valence-electron chi connectivity index (χ3n) is 4.16. The number of carbonyl (C=O) groups is 1. The van der Waals surface area contributed by atoms with Crippen molar-refractivity contribution in [2.75, 3.05) is 26.7 Å². The van der Waals surface area contributed by atoms with Crippen LogP contribution in [0.1, 0.15) is 39.0 Å². The summed E-state index contributed by atoms with van der Waals surface area (Å²) in [6.45, 7) is 5.11. The molecule has 2 fully saturated rings. The molecule has 1 amide bonds. The van der Waals surface area contributed by atoms with Crippen LogP contribution >= 0.6 is 0 Å². The Kier molecular flexibility index (Phi) is 3.85. The van der Waals surface area contributed by atoms with Crippen molar-refractivity contribution < 1.29 is 4.79 Å². The van der Waals surface area contributed by atoms with E-state index in [4.69, 9.17) is 0 Å². The third-order valence-corrected chi connectivity index (χ3v) is 4.16. The Hall–Kier alpha value is -0.570. The Morgan fingerprint density at radius 3 is 2.62 bits per heavy atom. The number of carbonyl (C=O) groups excluding carboxylic acids is 1. The van der Waals surface area contributed by atoms with Crippen molar-refractivity contribution in [3.63, 3.8) is 0 Å². The topological polar surface area (TPSA) is 23.6 Å². The zero-order valence-corrected chi connectivity index (χ0v) is 10.6. The standard InChI is InChI=1S/C13H24N2O/c1-11(16)15-9-4-3-7-13(15)12-6-5-8-14(2)10-12/h12-13H,3-10H2,1-2H3/t12?,13-/m1/s1. The summed E-state index contributed by atoms with van der Waals surface area (Å²) in [5.74, 6) is 0.987. The summed E-state index contributed by atoms with van der Waals surface area (Å²) < 4.78 is 0. The largest absolute Gasteiger partial charge is 0.340 e. The van der Waals surface area contributed by atoms with E-state index in [1.165, 1.54) is 45.2 Å². The number of likely N-dealkylation sites (tertiary alicyclic amines) is 2. The fourth-order valence-electron chi connectivity index (χ4n) is 3.36. The second-order valence-electron chi connectivity index (χ2n) is 5.44. The molecule has 0 spiro atoms. The third kappa shape index (κ3) is 2.57. The second-order valence-corrected chi connectivity index (χ2v) is 5.44. The lowest BCUT2D eigenvalue weighted by molar-refractivity contribution is -0.134. The van der Waals surface area contributed by atoms with E-state index in [1.807, 2.05) is 0 Å². The van der Waals surface area contributed by atoms with Crippen LogP contribution in [-0.2, 0) is 4.79 Å². The van der Waals surface area contributed by atoms with Crippen molar-refractivity contribution in [2.45, 2.75) is 45.1 Å². The summed E-state index contributed by atoms with van der Waals surface area (Å²) in [7, 11) is 2.20. The summed E-state index contributed by atoms with van der Waals surface area (Å²) in [5.41, 5.74) is 0. The Labute approximate surface area is 98.8 Å². The predicted octanol–water partition coefficient (Wildman–Crippen LogP) is 1.73. The van der Waals surface area contributed by atoms with Crippen LogP contribution in [0.4, 0.5) is 0 Å². The van der Waals surface area contributed by atoms with Crippen LogP contribution in [0.2, 0.25) is 0 Å². The van der Waals surface area contributed by atoms with Crippen molar-refractivity contribution in [1.29, 1.82) is 0 Å². The molecular weight excluding hydrogens is 200 g/mol. The van der Waals surface area contributed by atoms with Gasteiger partial charge in [0.05, 0.1) is 0 Å². The van der Waals surface area contributed by atoms with Crippen molar-refractivity contribution >= 4 is 5.91 Å². The first kappa shape index (κ1) is 11.9. The van der Waals surface area contributed by atoms with Crippen LogP contribution in [0.3, 0.4) is 0 Å². The van der Waals surface area contributed by atoms with Gasteiger partial charge in [0.15, 0.2) is 0 Å². The molecule has 0 aliphatic carbocycles. The highest BCUT2D eigenvalue weighted by molar-refractivity contribution is 5.73. The molecule has 16 heavy (non-hydrogen) atoms. The summed E-state index contributed by atoms with van der Waals surface area (Å²) in [5, 5.41) is 0. The van der Waals surface area contributed by atoms with E-state index >= 15 is 0 Å². The average molecular weight is 224 g/mol. The lowest BCUT2D eigenvalue weighted by Gasteiger charge is -2.43. The molecule has 2 rings (SSSR count). The first-order valence-corrected chi connectivity index (χ1v) is 6.64. The molecule has 92 valence electrons. The van der Waals surface area contributed by atoms with E-state index in [2.05, 4.69) is 16.8 Å². The molecular formula is C13H24N2O. The summed E-state index contributed by atoms with van der Waals surface area (Å²) in [4.78, 5) is 16.2. The summed E-state index contributed by atoms with van der Waals surface area (Å²) in [6, 6.07) is 0.522. The van der Waals surface area contributed by atoms with E-state index in [-0.39, 0.29) is 5.91 Å². The van der Waals surface area contributed by atoms with Gasteiger partial charge < -0.3 is 9.80 Å². The zero-order chi connectivity index (χ0) is 11.5. The van der Waals surface area contributed by atoms with Gasteiger partial charge in [0.25, 0.3) is 0 Å². The van der Waals surface area contributed by atoms with Gasteiger partial charge in [-0.25, -0.2) is 0 Å². The van der Waals surface area contributed by atoms with E-state index in [1.54, 1.807) is 6.92 Å². The van der Waals surface area contributed by atoms with E-state index in [0.29, 0.717) is 12.0 Å². The molecule has 2 atom stereocenters. The lowest BCUT2D eigenvalue weighted by Crippen LogP contribution is -2.50. The SMILES string of the molecule is CC(=O)N1CCCC[C@@H]1C1CCCN(C)C1. The molecule has 2 heterocycles. The molecule has 0 bridgehead atoms. The molecule has 3 nitrogen and oxygen atoms in total. The molecule has 1 unspecified atom stereocenters. The normalized spacial score (nSPS) is 32.8. The van der Waals surface area contributed by atoms with Gasteiger partial charge in [-0.2, -0.15) is 0 Å². The monoisotopic (exact) mass is 224 g/mol. The first-order chi connectivity index (χ1) is 7.68. The number of rotatable bonds is 1. The fraction of sp³-hybridized carbons (Fsp3) is 0.923. The first-order valence-electron chi connectivity index (χ1n) is 6.64. The fourth-order valence-corrected chi connectivity index (χ4v) is 3.36. The van der Waals surface area contributed by atoms with Crippen LogP contribution in [0.25, 0.3) is 0 Å². The number of hydrogen-bond acceptors (Lipinski definition) is 2.